The molecule has 4 rings (SSSR count). The number of phenolic OH excluding ortho intramolecular Hbond substituents is 2. The molecule has 10 nitrogen and oxygen atoms in total. The van der Waals surface area contributed by atoms with Crippen molar-refractivity contribution in [3.8, 4) is 23.0 Å². The van der Waals surface area contributed by atoms with Crippen molar-refractivity contribution in [1.82, 2.24) is 0 Å². The molecule has 4 aromatic carbocycles. The normalized spacial score (nSPS) is 11.4. The summed E-state index contributed by atoms with van der Waals surface area (Å²) in [4.78, 5) is 32.9. The summed E-state index contributed by atoms with van der Waals surface area (Å²) in [5.74, 6) is -4.90. The molecule has 514 valence electrons. The van der Waals surface area contributed by atoms with Gasteiger partial charge in [-0.25, -0.2) is 9.59 Å². The second kappa shape index (κ2) is 56.6. The van der Waals surface area contributed by atoms with E-state index in [0.29, 0.717) is 36.8 Å². The number of benzene rings is 4. The first kappa shape index (κ1) is 84.0. The number of nitrogens with zero attached hydrogens (tertiary/aromatic N) is 2. The zero-order valence-electron chi connectivity index (χ0n) is 58.1. The predicted octanol–water partition coefficient (Wildman–Crippen LogP) is 23.5. The van der Waals surface area contributed by atoms with E-state index in [4.69, 9.17) is 9.98 Å². The molecule has 0 aliphatic heterocycles. The first-order valence-corrected chi connectivity index (χ1v) is 36.7. The van der Waals surface area contributed by atoms with Crippen molar-refractivity contribution in [1.29, 1.82) is 0 Å². The number of aromatic hydroxyl groups is 2. The Hall–Kier alpha value is -4.98. The molecule has 0 bridgehead atoms. The molecule has 0 aliphatic carbocycles. The molecule has 0 aliphatic rings. The Kier molecular flexibility index (Phi) is 52.2. The second-order valence-corrected chi connectivity index (χ2v) is 25.4. The van der Waals surface area contributed by atoms with Crippen LogP contribution < -0.4 is 10.2 Å². The average molecular weight is 1350 g/mol. The summed E-state index contributed by atoms with van der Waals surface area (Å²) in [5, 5.41) is 61.5. The fraction of sp³-hybridized carbons (Fsp3) is 0.650. The SMILES string of the molecule is CCCCCCCCCCCCCCCCCCCCCCCCCCCCCCC(=Nc1ccccc1)C(CCCC)=Nc1ccccc1.CCCCCc1c(CCCC)cc(O)c([O-])c1C(=O)O.CCCCCc1c(CCCC)cc(O)c([O-])c1C(=O)O.[Pd+2]. The molecule has 0 saturated carbocycles. The maximum Gasteiger partial charge on any atom is 2.00 e. The third kappa shape index (κ3) is 38.7. The monoisotopic (exact) mass is 1350 g/mol. The Bertz CT molecular complexity index is 2430. The molecule has 0 fully saturated rings. The van der Waals surface area contributed by atoms with Crippen LogP contribution in [-0.4, -0.2) is 43.8 Å². The molecule has 4 aromatic rings. The zero-order chi connectivity index (χ0) is 65.7. The number of hydrogen-bond donors (Lipinski definition) is 4. The minimum atomic E-state index is -1.24. The van der Waals surface area contributed by atoms with Gasteiger partial charge in [0.05, 0.1) is 33.9 Å². The van der Waals surface area contributed by atoms with Gasteiger partial charge in [-0.15, -0.1) is 0 Å². The number of carboxylic acid groups (broad SMARTS) is 2. The van der Waals surface area contributed by atoms with Gasteiger partial charge in [-0.05, 0) is 136 Å². The van der Waals surface area contributed by atoms with E-state index in [1.165, 1.54) is 210 Å². The van der Waals surface area contributed by atoms with Crippen LogP contribution in [-0.2, 0) is 46.1 Å². The van der Waals surface area contributed by atoms with Crippen LogP contribution >= 0.6 is 0 Å². The first-order valence-electron chi connectivity index (χ1n) is 36.7. The van der Waals surface area contributed by atoms with Crippen LogP contribution in [0.5, 0.6) is 23.0 Å². The largest absolute Gasteiger partial charge is 2.00 e. The van der Waals surface area contributed by atoms with E-state index < -0.39 is 34.9 Å². The number of aromatic carboxylic acids is 2. The number of hydrogen-bond acceptors (Lipinski definition) is 8. The standard InChI is InChI=1S/C48H80N2.2C16H24O4.Pd/c1-3-5-7-8-9-10-11-12-13-14-15-16-17-18-19-20-21-22-23-24-25-26-27-28-29-30-31-38-44-48(50-46-41-36-33-37-42-46)47(43-6-4-2)49-45-39-34-32-35-40-45;2*1-3-5-7-9-12-11(8-6-4-2)10-13(17)15(18)14(12)16(19)20;/h32-37,39-42H,3-31,38,43-44H2,1-2H3;2*10,17-18H,3-9H2,1-2H3,(H,19,20);/q;;;+2/p-2. The molecule has 91 heavy (non-hydrogen) atoms. The Morgan fingerprint density at radius 3 is 0.868 bits per heavy atom. The molecular formula is C80H126N2O8Pd. The van der Waals surface area contributed by atoms with E-state index in [0.717, 1.165) is 106 Å². The summed E-state index contributed by atoms with van der Waals surface area (Å²) < 4.78 is 0. The van der Waals surface area contributed by atoms with E-state index in [1.807, 2.05) is 0 Å². The molecule has 0 heterocycles. The maximum atomic E-state index is 11.9. The van der Waals surface area contributed by atoms with Crippen LogP contribution in [0.25, 0.3) is 0 Å². The van der Waals surface area contributed by atoms with E-state index >= 15 is 0 Å². The molecule has 0 saturated heterocycles. The number of carboxylic acids is 2. The minimum absolute atomic E-state index is 0. The molecular weight excluding hydrogens is 1220 g/mol. The summed E-state index contributed by atoms with van der Waals surface area (Å²) >= 11 is 0. The Balaban J connectivity index is 0.000000822. The van der Waals surface area contributed by atoms with Gasteiger partial charge in [-0.3, -0.25) is 9.98 Å². The van der Waals surface area contributed by atoms with Crippen LogP contribution in [0, 0.1) is 0 Å². The van der Waals surface area contributed by atoms with Gasteiger partial charge in [0.2, 0.25) is 0 Å². The molecule has 0 amide bonds. The van der Waals surface area contributed by atoms with E-state index in [9.17, 15) is 40.2 Å². The van der Waals surface area contributed by atoms with Crippen LogP contribution in [0.2, 0.25) is 0 Å². The van der Waals surface area contributed by atoms with Gasteiger partial charge in [0.1, 0.15) is 11.5 Å². The number of para-hydroxylation sites is 2. The summed E-state index contributed by atoms with van der Waals surface area (Å²) in [7, 11) is 0. The number of aliphatic imine (C=N–C) groups is 2. The quantitative estimate of drug-likeness (QED) is 0.0191. The summed E-state index contributed by atoms with van der Waals surface area (Å²) in [6.07, 6.45) is 56.7. The van der Waals surface area contributed by atoms with Gasteiger partial charge in [-0.1, -0.05) is 308 Å². The van der Waals surface area contributed by atoms with Gasteiger partial charge in [0.15, 0.2) is 0 Å². The summed E-state index contributed by atoms with van der Waals surface area (Å²) in [6, 6.07) is 23.8. The van der Waals surface area contributed by atoms with Crippen LogP contribution in [0.4, 0.5) is 11.4 Å². The fourth-order valence-electron chi connectivity index (χ4n) is 11.9. The van der Waals surface area contributed by atoms with Gasteiger partial charge < -0.3 is 30.6 Å². The van der Waals surface area contributed by atoms with Crippen LogP contribution in [0.1, 0.15) is 354 Å². The van der Waals surface area contributed by atoms with Crippen molar-refractivity contribution < 1.29 is 60.7 Å². The molecule has 0 aromatic heterocycles. The second-order valence-electron chi connectivity index (χ2n) is 25.4. The number of phenols is 2. The van der Waals surface area contributed by atoms with Crippen molar-refractivity contribution in [2.75, 3.05) is 0 Å². The number of unbranched alkanes of at least 4 members (excludes halogenated alkanes) is 34. The molecule has 0 atom stereocenters. The first-order chi connectivity index (χ1) is 43.9. The van der Waals surface area contributed by atoms with Crippen molar-refractivity contribution in [3.05, 3.63) is 106 Å². The third-order valence-electron chi connectivity index (χ3n) is 17.4. The van der Waals surface area contributed by atoms with Crippen molar-refractivity contribution in [2.24, 2.45) is 9.98 Å². The van der Waals surface area contributed by atoms with Gasteiger partial charge >= 0.3 is 32.4 Å². The molecule has 0 spiro atoms. The Labute approximate surface area is 568 Å². The maximum absolute atomic E-state index is 11.9. The number of aryl methyl sites for hydroxylation is 2. The van der Waals surface area contributed by atoms with Crippen molar-refractivity contribution >= 4 is 34.7 Å². The van der Waals surface area contributed by atoms with E-state index in [2.05, 4.69) is 102 Å². The third-order valence-corrected chi connectivity index (χ3v) is 17.4. The van der Waals surface area contributed by atoms with Crippen LogP contribution in [0.3, 0.4) is 0 Å². The van der Waals surface area contributed by atoms with Gasteiger partial charge in [-0.2, -0.15) is 0 Å². The van der Waals surface area contributed by atoms with Crippen molar-refractivity contribution in [2.45, 2.75) is 337 Å². The summed E-state index contributed by atoms with van der Waals surface area (Å²) in [6.45, 7) is 12.8. The van der Waals surface area contributed by atoms with Gasteiger partial charge in [0, 0.05) is 0 Å². The summed E-state index contributed by atoms with van der Waals surface area (Å²) in [5.41, 5.74) is 6.78. The zero-order valence-corrected chi connectivity index (χ0v) is 59.6. The van der Waals surface area contributed by atoms with Crippen LogP contribution in [0.15, 0.2) is 82.8 Å². The Morgan fingerprint density at radius 1 is 0.341 bits per heavy atom. The van der Waals surface area contributed by atoms with E-state index in [1.54, 1.807) is 0 Å². The van der Waals surface area contributed by atoms with E-state index in [-0.39, 0.29) is 31.5 Å². The molecule has 11 heteroatoms. The number of rotatable bonds is 51. The smallest absolute Gasteiger partial charge is 0.869 e. The average Bonchev–Trinajstić information content (AvgIpc) is 1.70. The Morgan fingerprint density at radius 2 is 0.593 bits per heavy atom. The topological polar surface area (TPSA) is 186 Å². The van der Waals surface area contributed by atoms with Crippen molar-refractivity contribution in [3.63, 3.8) is 0 Å². The molecule has 0 radical (unpaired) electrons. The number of carbonyl (C=O) groups is 2. The predicted molar refractivity (Wildman–Crippen MR) is 379 cm³/mol. The molecule has 4 N–H and O–H groups in total. The fourth-order valence-corrected chi connectivity index (χ4v) is 11.9. The minimum Gasteiger partial charge on any atom is -0.869 e. The van der Waals surface area contributed by atoms with Gasteiger partial charge in [0.25, 0.3) is 0 Å². The molecule has 0 unspecified atom stereocenters.